The number of fused-ring (bicyclic) bond motifs is 10. The Kier molecular flexibility index (Phi) is 5.84. The van der Waals surface area contributed by atoms with Crippen molar-refractivity contribution in [3.05, 3.63) is 161 Å². The lowest BCUT2D eigenvalue weighted by atomic mass is 9.72. The largest absolute Gasteiger partial charge is 0.485 e. The molecule has 0 radical (unpaired) electrons. The van der Waals surface area contributed by atoms with Gasteiger partial charge < -0.3 is 13.9 Å². The highest BCUT2D eigenvalue weighted by Gasteiger charge is 2.50. The van der Waals surface area contributed by atoms with Gasteiger partial charge in [-0.15, -0.1) is 0 Å². The number of para-hydroxylation sites is 4. The molecule has 0 fully saturated rings. The maximum Gasteiger partial charge on any atom is 0.132 e. The van der Waals surface area contributed by atoms with Crippen LogP contribution in [0.3, 0.4) is 0 Å². The van der Waals surface area contributed by atoms with Crippen LogP contribution in [0, 0.1) is 17.2 Å². The fourth-order valence-corrected chi connectivity index (χ4v) is 8.80. The monoisotopic (exact) mass is 631 g/mol. The molecule has 2 aromatic heterocycles. The highest BCUT2D eigenvalue weighted by Crippen LogP contribution is 2.53. The van der Waals surface area contributed by atoms with Gasteiger partial charge in [-0.2, -0.15) is 5.26 Å². The first-order valence-electron chi connectivity index (χ1n) is 17.1. The average Bonchev–Trinajstić information content (AvgIpc) is 3.77. The third kappa shape index (κ3) is 3.79. The summed E-state index contributed by atoms with van der Waals surface area (Å²) in [5, 5.41) is 13.3. The van der Waals surface area contributed by atoms with E-state index in [4.69, 9.17) is 4.74 Å². The van der Waals surface area contributed by atoms with Gasteiger partial charge in [0.15, 0.2) is 0 Å². The molecule has 4 heteroatoms. The summed E-state index contributed by atoms with van der Waals surface area (Å²) >= 11 is 0. The molecule has 0 amide bonds. The van der Waals surface area contributed by atoms with Gasteiger partial charge >= 0.3 is 0 Å². The Balaban J connectivity index is 1.19. The molecular formula is C45H33N3O. The summed E-state index contributed by atoms with van der Waals surface area (Å²) in [6.45, 7) is 4.57. The van der Waals surface area contributed by atoms with E-state index >= 15 is 0 Å². The van der Waals surface area contributed by atoms with Crippen LogP contribution in [0.5, 0.6) is 5.75 Å². The molecule has 3 unspecified atom stereocenters. The van der Waals surface area contributed by atoms with Gasteiger partial charge in [0.05, 0.1) is 33.4 Å². The minimum Gasteiger partial charge on any atom is -0.485 e. The molecule has 0 saturated heterocycles. The van der Waals surface area contributed by atoms with Crippen molar-refractivity contribution < 1.29 is 4.74 Å². The van der Waals surface area contributed by atoms with Crippen molar-refractivity contribution >= 4 is 34.0 Å². The number of hydrogen-bond donors (Lipinski definition) is 0. The summed E-state index contributed by atoms with van der Waals surface area (Å²) in [5.41, 5.74) is 12.7. The Morgan fingerprint density at radius 2 is 1.49 bits per heavy atom. The molecule has 2 aliphatic carbocycles. The second-order valence-electron chi connectivity index (χ2n) is 13.8. The molecule has 0 spiro atoms. The first kappa shape index (κ1) is 28.0. The second kappa shape index (κ2) is 10.2. The quantitative estimate of drug-likeness (QED) is 0.195. The van der Waals surface area contributed by atoms with Crippen molar-refractivity contribution in [3.8, 4) is 34.3 Å². The van der Waals surface area contributed by atoms with Gasteiger partial charge in [0.25, 0.3) is 0 Å². The van der Waals surface area contributed by atoms with Crippen molar-refractivity contribution in [2.45, 2.75) is 31.8 Å². The highest BCUT2D eigenvalue weighted by atomic mass is 16.5. The van der Waals surface area contributed by atoms with Crippen LogP contribution in [-0.2, 0) is 11.8 Å². The fraction of sp³-hybridized carbons (Fsp3) is 0.133. The van der Waals surface area contributed by atoms with Gasteiger partial charge in [-0.1, -0.05) is 97.9 Å². The van der Waals surface area contributed by atoms with Crippen molar-refractivity contribution in [3.63, 3.8) is 0 Å². The van der Waals surface area contributed by atoms with Crippen LogP contribution < -0.4 is 4.74 Å². The highest BCUT2D eigenvalue weighted by molar-refractivity contribution is 5.96. The van der Waals surface area contributed by atoms with Gasteiger partial charge in [0.1, 0.15) is 17.9 Å². The maximum atomic E-state index is 10.8. The minimum atomic E-state index is -0.433. The predicted molar refractivity (Wildman–Crippen MR) is 199 cm³/mol. The Morgan fingerprint density at radius 1 is 0.755 bits per heavy atom. The minimum absolute atomic E-state index is 0.142. The van der Waals surface area contributed by atoms with Gasteiger partial charge in [-0.25, -0.2) is 0 Å². The standard InChI is InChI=1S/C45H33N3O/c1-28-19-22-41-35(25-28)33-13-5-8-16-39(33)47(41)38-15-7-3-11-31(38)29-20-23-37(30(26-29)27-46)48-40-17-9-4-12-32(40)34-21-24-43-45(2,44(34)48)36-14-6-10-18-42(36)49-43/h3-24,26,28,43H,25H2,1-2H3. The second-order valence-corrected chi connectivity index (χ2v) is 13.8. The van der Waals surface area contributed by atoms with E-state index < -0.39 is 5.41 Å². The molecular weight excluding hydrogens is 599 g/mol. The van der Waals surface area contributed by atoms with Crippen molar-refractivity contribution in [2.24, 2.45) is 5.92 Å². The van der Waals surface area contributed by atoms with E-state index in [-0.39, 0.29) is 6.10 Å². The number of benzene rings is 5. The van der Waals surface area contributed by atoms with Gasteiger partial charge in [-0.05, 0) is 78.9 Å². The van der Waals surface area contributed by atoms with E-state index in [1.807, 2.05) is 6.07 Å². The predicted octanol–water partition coefficient (Wildman–Crippen LogP) is 10.4. The summed E-state index contributed by atoms with van der Waals surface area (Å²) in [6, 6.07) is 43.2. The summed E-state index contributed by atoms with van der Waals surface area (Å²) < 4.78 is 11.3. The van der Waals surface area contributed by atoms with E-state index in [2.05, 4.69) is 163 Å². The molecule has 3 heterocycles. The van der Waals surface area contributed by atoms with Crippen LogP contribution in [0.15, 0.2) is 127 Å². The molecule has 5 aromatic carbocycles. The molecule has 3 atom stereocenters. The Bertz CT molecular complexity index is 2620. The number of ether oxygens (including phenoxy) is 1. The smallest absolute Gasteiger partial charge is 0.132 e. The third-order valence-electron chi connectivity index (χ3n) is 11.1. The number of nitriles is 1. The SMILES string of the molecule is CC1C=Cc2c(c3ccccc3n2-c2ccccc2-c2ccc(-n3c4c(c5ccccc53)C=CC3Oc5ccccc5C43C)c(C#N)c2)C1. The molecule has 3 aliphatic rings. The first-order valence-corrected chi connectivity index (χ1v) is 17.1. The lowest BCUT2D eigenvalue weighted by Gasteiger charge is -2.34. The lowest BCUT2D eigenvalue weighted by Crippen LogP contribution is -2.39. The number of hydrogen-bond acceptors (Lipinski definition) is 2. The normalized spacial score (nSPS) is 20.0. The van der Waals surface area contributed by atoms with Crippen molar-refractivity contribution in [2.75, 3.05) is 0 Å². The van der Waals surface area contributed by atoms with E-state index in [9.17, 15) is 5.26 Å². The van der Waals surface area contributed by atoms with Crippen LogP contribution in [0.25, 0.3) is 56.5 Å². The number of aromatic nitrogens is 2. The summed E-state index contributed by atoms with van der Waals surface area (Å²) in [5.74, 6) is 1.42. The van der Waals surface area contributed by atoms with Crippen LogP contribution in [0.4, 0.5) is 0 Å². The summed E-state index contributed by atoms with van der Waals surface area (Å²) in [7, 11) is 0. The molecule has 0 bridgehead atoms. The van der Waals surface area contributed by atoms with E-state index in [1.165, 1.54) is 38.7 Å². The molecule has 0 saturated carbocycles. The average molecular weight is 632 g/mol. The van der Waals surface area contributed by atoms with Crippen LogP contribution in [0.2, 0.25) is 0 Å². The molecule has 10 rings (SSSR count). The van der Waals surface area contributed by atoms with Gasteiger partial charge in [0.2, 0.25) is 0 Å². The van der Waals surface area contributed by atoms with Gasteiger partial charge in [0, 0.05) is 38.9 Å². The van der Waals surface area contributed by atoms with E-state index in [0.29, 0.717) is 11.5 Å². The van der Waals surface area contributed by atoms with Crippen LogP contribution >= 0.6 is 0 Å². The topological polar surface area (TPSA) is 42.9 Å². The van der Waals surface area contributed by atoms with Crippen LogP contribution in [0.1, 0.15) is 47.5 Å². The zero-order chi connectivity index (χ0) is 32.9. The Morgan fingerprint density at radius 3 is 2.35 bits per heavy atom. The molecule has 7 aromatic rings. The zero-order valence-electron chi connectivity index (χ0n) is 27.4. The third-order valence-corrected chi connectivity index (χ3v) is 11.1. The fourth-order valence-electron chi connectivity index (χ4n) is 8.80. The van der Waals surface area contributed by atoms with Crippen molar-refractivity contribution in [1.29, 1.82) is 5.26 Å². The lowest BCUT2D eigenvalue weighted by molar-refractivity contribution is 0.221. The summed E-state index contributed by atoms with van der Waals surface area (Å²) in [6.07, 6.45) is 9.89. The Hall–Kier alpha value is -6.05. The Labute approximate surface area is 285 Å². The van der Waals surface area contributed by atoms with E-state index in [0.717, 1.165) is 45.9 Å². The molecule has 49 heavy (non-hydrogen) atoms. The number of nitrogens with zero attached hydrogens (tertiary/aromatic N) is 3. The molecule has 4 nitrogen and oxygen atoms in total. The van der Waals surface area contributed by atoms with Crippen LogP contribution in [-0.4, -0.2) is 15.2 Å². The molecule has 0 N–H and O–H groups in total. The molecule has 1 aliphatic heterocycles. The van der Waals surface area contributed by atoms with E-state index in [1.54, 1.807) is 0 Å². The van der Waals surface area contributed by atoms with Gasteiger partial charge in [-0.3, -0.25) is 0 Å². The maximum absolute atomic E-state index is 10.8. The zero-order valence-corrected chi connectivity index (χ0v) is 27.4. The number of rotatable bonds is 3. The molecule has 234 valence electrons. The summed E-state index contributed by atoms with van der Waals surface area (Å²) in [4.78, 5) is 0. The first-order chi connectivity index (χ1) is 24.1. The van der Waals surface area contributed by atoms with Crippen molar-refractivity contribution in [1.82, 2.24) is 9.13 Å². The number of allylic oxidation sites excluding steroid dienone is 1.